The molecule has 0 bridgehead atoms. The van der Waals surface area contributed by atoms with Crippen molar-refractivity contribution < 1.29 is 0 Å². The summed E-state index contributed by atoms with van der Waals surface area (Å²) in [4.78, 5) is 0. The van der Waals surface area contributed by atoms with E-state index in [-0.39, 0.29) is 10.9 Å². The minimum atomic E-state index is 0.0874. The highest BCUT2D eigenvalue weighted by atomic mass is 35.5. The maximum atomic E-state index is 6.01. The molecule has 1 saturated carbocycles. The lowest BCUT2D eigenvalue weighted by Crippen LogP contribution is -2.46. The second kappa shape index (κ2) is 3.32. The Morgan fingerprint density at radius 1 is 1.55 bits per heavy atom. The third-order valence-corrected chi connectivity index (χ3v) is 3.08. The molecular weight excluding hydrogens is 158 g/mol. The highest BCUT2D eigenvalue weighted by Crippen LogP contribution is 2.28. The lowest BCUT2D eigenvalue weighted by atomic mass is 10.0. The molecule has 0 aliphatic heterocycles. The summed E-state index contributed by atoms with van der Waals surface area (Å²) in [5.41, 5.74) is 0.0874. The van der Waals surface area contributed by atoms with Crippen LogP contribution >= 0.6 is 11.6 Å². The first-order chi connectivity index (χ1) is 5.02. The van der Waals surface area contributed by atoms with Gasteiger partial charge in [0.05, 0.1) is 0 Å². The Balaban J connectivity index is 2.20. The Morgan fingerprint density at radius 3 is 2.45 bits per heavy atom. The number of hydrogen-bond donors (Lipinski definition) is 1. The lowest BCUT2D eigenvalue weighted by molar-refractivity contribution is 0.375. The molecule has 11 heavy (non-hydrogen) atoms. The Bertz CT molecular complexity index is 128. The van der Waals surface area contributed by atoms with Crippen molar-refractivity contribution in [3.63, 3.8) is 0 Å². The second-order valence-electron chi connectivity index (χ2n) is 4.16. The summed E-state index contributed by atoms with van der Waals surface area (Å²) in [7, 11) is 0. The zero-order chi connectivity index (χ0) is 8.48. The van der Waals surface area contributed by atoms with E-state index in [9.17, 15) is 0 Å². The van der Waals surface area contributed by atoms with Gasteiger partial charge in [-0.05, 0) is 46.1 Å². The highest BCUT2D eigenvalue weighted by molar-refractivity contribution is 6.21. The van der Waals surface area contributed by atoms with Gasteiger partial charge in [-0.2, -0.15) is 0 Å². The van der Waals surface area contributed by atoms with Gasteiger partial charge in [-0.15, -0.1) is 11.6 Å². The summed E-state index contributed by atoms with van der Waals surface area (Å²) in [5, 5.41) is 3.68. The maximum Gasteiger partial charge on any atom is 0.0484 e. The van der Waals surface area contributed by atoms with Crippen molar-refractivity contribution in [1.82, 2.24) is 5.32 Å². The van der Waals surface area contributed by atoms with E-state index >= 15 is 0 Å². The van der Waals surface area contributed by atoms with Crippen LogP contribution in [0.5, 0.6) is 0 Å². The van der Waals surface area contributed by atoms with Crippen LogP contribution in [-0.4, -0.2) is 17.5 Å². The van der Waals surface area contributed by atoms with E-state index < -0.39 is 0 Å². The predicted octanol–water partition coefficient (Wildman–Crippen LogP) is 2.39. The van der Waals surface area contributed by atoms with E-state index in [0.29, 0.717) is 0 Å². The fourth-order valence-corrected chi connectivity index (χ4v) is 0.947. The molecular formula is C9H18ClN. The standard InChI is InChI=1S/C9H18ClN/c1-7(10)9(2,3)11-6-8-4-5-8/h7-8,11H,4-6H2,1-3H3. The summed E-state index contributed by atoms with van der Waals surface area (Å²) in [6.45, 7) is 7.51. The lowest BCUT2D eigenvalue weighted by Gasteiger charge is -2.29. The molecule has 1 atom stereocenters. The first-order valence-electron chi connectivity index (χ1n) is 4.41. The maximum absolute atomic E-state index is 6.01. The van der Waals surface area contributed by atoms with Crippen LogP contribution in [0.2, 0.25) is 0 Å². The van der Waals surface area contributed by atoms with E-state index in [1.165, 1.54) is 12.8 Å². The van der Waals surface area contributed by atoms with Crippen LogP contribution in [0.15, 0.2) is 0 Å². The van der Waals surface area contributed by atoms with Gasteiger partial charge in [0.2, 0.25) is 0 Å². The molecule has 0 radical (unpaired) electrons. The van der Waals surface area contributed by atoms with Gasteiger partial charge >= 0.3 is 0 Å². The molecule has 1 N–H and O–H groups in total. The van der Waals surface area contributed by atoms with Gasteiger partial charge in [0.1, 0.15) is 0 Å². The molecule has 2 heteroatoms. The summed E-state index contributed by atoms with van der Waals surface area (Å²) in [5.74, 6) is 0.935. The molecule has 1 unspecified atom stereocenters. The van der Waals surface area contributed by atoms with Crippen LogP contribution in [0, 0.1) is 5.92 Å². The predicted molar refractivity (Wildman–Crippen MR) is 50.1 cm³/mol. The molecule has 0 heterocycles. The van der Waals surface area contributed by atoms with Gasteiger partial charge in [-0.25, -0.2) is 0 Å². The van der Waals surface area contributed by atoms with E-state index in [4.69, 9.17) is 11.6 Å². The van der Waals surface area contributed by atoms with E-state index in [1.54, 1.807) is 0 Å². The zero-order valence-corrected chi connectivity index (χ0v) is 8.41. The summed E-state index contributed by atoms with van der Waals surface area (Å²) in [6, 6.07) is 0. The fraction of sp³-hybridized carbons (Fsp3) is 1.00. The van der Waals surface area contributed by atoms with E-state index in [0.717, 1.165) is 12.5 Å². The molecule has 66 valence electrons. The second-order valence-corrected chi connectivity index (χ2v) is 4.82. The number of rotatable bonds is 4. The quantitative estimate of drug-likeness (QED) is 0.648. The summed E-state index contributed by atoms with van der Waals surface area (Å²) < 4.78 is 0. The number of halogens is 1. The van der Waals surface area contributed by atoms with Crippen molar-refractivity contribution in [1.29, 1.82) is 0 Å². The molecule has 0 saturated heterocycles. The number of alkyl halides is 1. The van der Waals surface area contributed by atoms with E-state index in [2.05, 4.69) is 19.2 Å². The van der Waals surface area contributed by atoms with Crippen LogP contribution < -0.4 is 5.32 Å². The summed E-state index contributed by atoms with van der Waals surface area (Å²) in [6.07, 6.45) is 2.81. The molecule has 1 fully saturated rings. The minimum Gasteiger partial charge on any atom is -0.310 e. The smallest absolute Gasteiger partial charge is 0.0484 e. The minimum absolute atomic E-state index is 0.0874. The molecule has 0 aromatic rings. The Labute approximate surface area is 74.5 Å². The SMILES string of the molecule is CC(Cl)C(C)(C)NCC1CC1. The Kier molecular flexibility index (Phi) is 2.82. The van der Waals surface area contributed by atoms with Crippen molar-refractivity contribution >= 4 is 11.6 Å². The number of nitrogens with one attached hydrogen (secondary N) is 1. The van der Waals surface area contributed by atoms with Gasteiger partial charge in [-0.1, -0.05) is 0 Å². The van der Waals surface area contributed by atoms with Crippen molar-refractivity contribution in [2.75, 3.05) is 6.54 Å². The van der Waals surface area contributed by atoms with Crippen LogP contribution in [0.25, 0.3) is 0 Å². The van der Waals surface area contributed by atoms with Gasteiger partial charge in [0.15, 0.2) is 0 Å². The average molecular weight is 176 g/mol. The molecule has 1 nitrogen and oxygen atoms in total. The van der Waals surface area contributed by atoms with Crippen LogP contribution in [-0.2, 0) is 0 Å². The van der Waals surface area contributed by atoms with Gasteiger partial charge in [0, 0.05) is 10.9 Å². The molecule has 1 aliphatic rings. The van der Waals surface area contributed by atoms with Crippen molar-refractivity contribution in [2.24, 2.45) is 5.92 Å². The van der Waals surface area contributed by atoms with Crippen LogP contribution in [0.4, 0.5) is 0 Å². The van der Waals surface area contributed by atoms with Crippen molar-refractivity contribution in [2.45, 2.75) is 44.5 Å². The summed E-state index contributed by atoms with van der Waals surface area (Å²) >= 11 is 6.01. The fourth-order valence-electron chi connectivity index (χ4n) is 0.870. The zero-order valence-electron chi connectivity index (χ0n) is 7.65. The molecule has 0 aromatic carbocycles. The topological polar surface area (TPSA) is 12.0 Å². The number of hydrogen-bond acceptors (Lipinski definition) is 1. The third kappa shape index (κ3) is 3.00. The average Bonchev–Trinajstić information content (AvgIpc) is 2.65. The largest absolute Gasteiger partial charge is 0.310 e. The van der Waals surface area contributed by atoms with Crippen molar-refractivity contribution in [3.05, 3.63) is 0 Å². The highest BCUT2D eigenvalue weighted by Gasteiger charge is 2.27. The van der Waals surface area contributed by atoms with Gasteiger partial charge < -0.3 is 5.32 Å². The van der Waals surface area contributed by atoms with Crippen LogP contribution in [0.3, 0.4) is 0 Å². The Hall–Kier alpha value is 0.250. The first-order valence-corrected chi connectivity index (χ1v) is 4.85. The first kappa shape index (κ1) is 9.34. The van der Waals surface area contributed by atoms with Crippen LogP contribution in [0.1, 0.15) is 33.6 Å². The molecule has 0 spiro atoms. The molecule has 0 aromatic heterocycles. The Morgan fingerprint density at radius 2 is 2.09 bits per heavy atom. The molecule has 1 rings (SSSR count). The van der Waals surface area contributed by atoms with E-state index in [1.807, 2.05) is 6.92 Å². The van der Waals surface area contributed by atoms with Gasteiger partial charge in [0.25, 0.3) is 0 Å². The van der Waals surface area contributed by atoms with Crippen molar-refractivity contribution in [3.8, 4) is 0 Å². The molecule has 1 aliphatic carbocycles. The third-order valence-electron chi connectivity index (χ3n) is 2.54. The monoisotopic (exact) mass is 175 g/mol. The van der Waals surface area contributed by atoms with Gasteiger partial charge in [-0.3, -0.25) is 0 Å². The molecule has 0 amide bonds. The normalized spacial score (nSPS) is 21.8.